The summed E-state index contributed by atoms with van der Waals surface area (Å²) in [5, 5.41) is 4.04. The SMILES string of the molecule is O=C(C[n+]1cccc(C(=O)N/N=C/c2ccc(OCc3ccccc3)cc2)c1)c1ccccc1. The predicted molar refractivity (Wildman–Crippen MR) is 130 cm³/mol. The fourth-order valence-corrected chi connectivity index (χ4v) is 3.26. The zero-order chi connectivity index (χ0) is 23.6. The van der Waals surface area contributed by atoms with Crippen LogP contribution in [0.5, 0.6) is 5.75 Å². The molecule has 0 saturated heterocycles. The monoisotopic (exact) mass is 450 g/mol. The van der Waals surface area contributed by atoms with E-state index in [1.54, 1.807) is 47.4 Å². The number of Topliss-reactive ketones (excluding diaryl/α,β-unsaturated/α-hetero) is 1. The Morgan fingerprint density at radius 1 is 0.824 bits per heavy atom. The van der Waals surface area contributed by atoms with Crippen molar-refractivity contribution in [3.8, 4) is 5.75 Å². The second kappa shape index (κ2) is 11.3. The van der Waals surface area contributed by atoms with Crippen LogP contribution < -0.4 is 14.7 Å². The van der Waals surface area contributed by atoms with Gasteiger partial charge in [-0.2, -0.15) is 9.67 Å². The molecule has 6 heteroatoms. The first kappa shape index (κ1) is 22.6. The molecular formula is C28H24N3O3+. The van der Waals surface area contributed by atoms with E-state index < -0.39 is 0 Å². The van der Waals surface area contributed by atoms with Gasteiger partial charge in [0.15, 0.2) is 12.4 Å². The Morgan fingerprint density at radius 2 is 1.50 bits per heavy atom. The maximum atomic E-state index is 12.5. The lowest BCUT2D eigenvalue weighted by molar-refractivity contribution is -0.683. The number of nitrogens with zero attached hydrogens (tertiary/aromatic N) is 2. The highest BCUT2D eigenvalue weighted by Gasteiger charge is 2.14. The van der Waals surface area contributed by atoms with Crippen LogP contribution in [0.4, 0.5) is 0 Å². The van der Waals surface area contributed by atoms with Gasteiger partial charge in [0.05, 0.1) is 6.21 Å². The van der Waals surface area contributed by atoms with Gasteiger partial charge in [-0.15, -0.1) is 0 Å². The zero-order valence-corrected chi connectivity index (χ0v) is 18.5. The molecule has 1 aromatic heterocycles. The first-order valence-corrected chi connectivity index (χ1v) is 10.8. The molecule has 0 spiro atoms. The second-order valence-electron chi connectivity index (χ2n) is 7.60. The van der Waals surface area contributed by atoms with Crippen molar-refractivity contribution >= 4 is 17.9 Å². The number of hydrazone groups is 1. The lowest BCUT2D eigenvalue weighted by atomic mass is 10.1. The van der Waals surface area contributed by atoms with E-state index in [4.69, 9.17) is 4.74 Å². The van der Waals surface area contributed by atoms with Crippen LogP contribution in [-0.2, 0) is 13.2 Å². The molecule has 0 fully saturated rings. The van der Waals surface area contributed by atoms with Crippen LogP contribution >= 0.6 is 0 Å². The van der Waals surface area contributed by atoms with Crippen LogP contribution in [0, 0.1) is 0 Å². The van der Waals surface area contributed by atoms with E-state index in [-0.39, 0.29) is 18.2 Å². The molecule has 6 nitrogen and oxygen atoms in total. The Hall–Kier alpha value is -4.58. The molecule has 0 unspecified atom stereocenters. The molecule has 1 amide bonds. The van der Waals surface area contributed by atoms with Gasteiger partial charge in [-0.3, -0.25) is 9.59 Å². The molecule has 168 valence electrons. The number of nitrogens with one attached hydrogen (secondary N) is 1. The van der Waals surface area contributed by atoms with Gasteiger partial charge >= 0.3 is 0 Å². The van der Waals surface area contributed by atoms with E-state index in [9.17, 15) is 9.59 Å². The van der Waals surface area contributed by atoms with Crippen LogP contribution in [0.3, 0.4) is 0 Å². The average Bonchev–Trinajstić information content (AvgIpc) is 2.89. The molecule has 1 heterocycles. The largest absolute Gasteiger partial charge is 0.489 e. The summed E-state index contributed by atoms with van der Waals surface area (Å²) in [6.45, 7) is 0.644. The minimum atomic E-state index is -0.361. The van der Waals surface area contributed by atoms with Crippen molar-refractivity contribution in [2.75, 3.05) is 0 Å². The number of carbonyl (C=O) groups excluding carboxylic acids is 2. The van der Waals surface area contributed by atoms with Crippen molar-refractivity contribution in [2.45, 2.75) is 13.2 Å². The van der Waals surface area contributed by atoms with E-state index in [2.05, 4.69) is 10.5 Å². The van der Waals surface area contributed by atoms with Crippen molar-refractivity contribution < 1.29 is 18.9 Å². The van der Waals surface area contributed by atoms with E-state index >= 15 is 0 Å². The van der Waals surface area contributed by atoms with Gasteiger partial charge < -0.3 is 4.74 Å². The number of carbonyl (C=O) groups is 2. The summed E-state index contributed by atoms with van der Waals surface area (Å²) < 4.78 is 7.46. The summed E-state index contributed by atoms with van der Waals surface area (Å²) in [4.78, 5) is 24.9. The quantitative estimate of drug-likeness (QED) is 0.180. The molecule has 4 rings (SSSR count). The number of hydrogen-bond acceptors (Lipinski definition) is 4. The Labute approximate surface area is 198 Å². The number of rotatable bonds is 9. The van der Waals surface area contributed by atoms with Crippen LogP contribution in [0.15, 0.2) is 115 Å². The van der Waals surface area contributed by atoms with Crippen LogP contribution in [0.1, 0.15) is 31.8 Å². The zero-order valence-electron chi connectivity index (χ0n) is 18.5. The highest BCUT2D eigenvalue weighted by atomic mass is 16.5. The van der Waals surface area contributed by atoms with Crippen molar-refractivity contribution in [1.82, 2.24) is 5.43 Å². The van der Waals surface area contributed by atoms with Gasteiger partial charge in [-0.1, -0.05) is 60.7 Å². The normalized spacial score (nSPS) is 10.7. The number of benzene rings is 3. The fraction of sp³-hybridized carbons (Fsp3) is 0.0714. The summed E-state index contributed by atoms with van der Waals surface area (Å²) in [5.41, 5.74) is 5.48. The summed E-state index contributed by atoms with van der Waals surface area (Å²) >= 11 is 0. The highest BCUT2D eigenvalue weighted by molar-refractivity contribution is 5.95. The molecule has 0 aliphatic rings. The van der Waals surface area contributed by atoms with Crippen molar-refractivity contribution in [2.24, 2.45) is 5.10 Å². The third-order valence-corrected chi connectivity index (χ3v) is 5.05. The second-order valence-corrected chi connectivity index (χ2v) is 7.60. The van der Waals surface area contributed by atoms with Crippen LogP contribution in [-0.4, -0.2) is 17.9 Å². The van der Waals surface area contributed by atoms with E-state index in [0.29, 0.717) is 17.7 Å². The maximum absolute atomic E-state index is 12.5. The number of hydrogen-bond donors (Lipinski definition) is 1. The van der Waals surface area contributed by atoms with Gasteiger partial charge in [0, 0.05) is 11.6 Å². The smallest absolute Gasteiger partial charge is 0.277 e. The lowest BCUT2D eigenvalue weighted by Crippen LogP contribution is -2.38. The molecule has 0 aliphatic heterocycles. The minimum absolute atomic E-state index is 0.0302. The molecule has 0 aliphatic carbocycles. The van der Waals surface area contributed by atoms with Crippen molar-refractivity contribution in [3.05, 3.63) is 132 Å². The fourth-order valence-electron chi connectivity index (χ4n) is 3.26. The Kier molecular flexibility index (Phi) is 7.54. The number of pyridine rings is 1. The molecule has 4 aromatic rings. The average molecular weight is 451 g/mol. The molecule has 0 atom stereocenters. The third-order valence-electron chi connectivity index (χ3n) is 5.05. The number of ether oxygens (including phenoxy) is 1. The molecule has 1 N–H and O–H groups in total. The van der Waals surface area contributed by atoms with E-state index in [1.165, 1.54) is 0 Å². The van der Waals surface area contributed by atoms with Crippen LogP contribution in [0.2, 0.25) is 0 Å². The summed E-state index contributed by atoms with van der Waals surface area (Å²) in [7, 11) is 0. The van der Waals surface area contributed by atoms with Gasteiger partial charge in [-0.25, -0.2) is 5.43 Å². The Balaban J connectivity index is 1.29. The standard InChI is InChI=1S/C28H23N3O3/c32-27(24-10-5-2-6-11-24)20-31-17-7-12-25(19-31)28(33)30-29-18-22-13-15-26(16-14-22)34-21-23-8-3-1-4-9-23/h1-19H,20-21H2/p+1/b29-18+. The maximum Gasteiger partial charge on any atom is 0.277 e. The Morgan fingerprint density at radius 3 is 2.24 bits per heavy atom. The predicted octanol–water partition coefficient (Wildman–Crippen LogP) is 4.20. The van der Waals surface area contributed by atoms with Crippen LogP contribution in [0.25, 0.3) is 0 Å². The molecule has 34 heavy (non-hydrogen) atoms. The summed E-state index contributed by atoms with van der Waals surface area (Å²) in [6.07, 6.45) is 4.95. The van der Waals surface area contributed by atoms with Gasteiger partial charge in [0.1, 0.15) is 17.9 Å². The first-order chi connectivity index (χ1) is 16.7. The topological polar surface area (TPSA) is 71.6 Å². The van der Waals surface area contributed by atoms with E-state index in [1.807, 2.05) is 72.8 Å². The number of aromatic nitrogens is 1. The van der Waals surface area contributed by atoms with Crippen molar-refractivity contribution in [1.29, 1.82) is 0 Å². The minimum Gasteiger partial charge on any atom is -0.489 e. The summed E-state index contributed by atoms with van der Waals surface area (Å²) in [5.74, 6) is 0.363. The van der Waals surface area contributed by atoms with Gasteiger partial charge in [0.2, 0.25) is 12.3 Å². The molecule has 0 saturated carbocycles. The third kappa shape index (κ3) is 6.46. The molecule has 3 aromatic carbocycles. The number of amides is 1. The highest BCUT2D eigenvalue weighted by Crippen LogP contribution is 2.13. The lowest BCUT2D eigenvalue weighted by Gasteiger charge is -2.06. The van der Waals surface area contributed by atoms with Gasteiger partial charge in [-0.05, 0) is 41.5 Å². The Bertz CT molecular complexity index is 1270. The molecule has 0 radical (unpaired) electrons. The van der Waals surface area contributed by atoms with Crippen molar-refractivity contribution in [3.63, 3.8) is 0 Å². The van der Waals surface area contributed by atoms with Gasteiger partial charge in [0.25, 0.3) is 5.91 Å². The summed E-state index contributed by atoms with van der Waals surface area (Å²) in [6, 6.07) is 29.9. The molecule has 0 bridgehead atoms. The molecular weight excluding hydrogens is 426 g/mol. The number of ketones is 1. The first-order valence-electron chi connectivity index (χ1n) is 10.8. The van der Waals surface area contributed by atoms with E-state index in [0.717, 1.165) is 16.9 Å².